The normalized spacial score (nSPS) is 13.7. The van der Waals surface area contributed by atoms with Crippen LogP contribution in [0, 0.1) is 0 Å². The first kappa shape index (κ1) is 21.0. The molecule has 1 atom stereocenters. The van der Waals surface area contributed by atoms with Crippen molar-refractivity contribution in [1.29, 1.82) is 0 Å². The number of pyridine rings is 1. The van der Waals surface area contributed by atoms with Crippen LogP contribution >= 0.6 is 11.6 Å². The van der Waals surface area contributed by atoms with Crippen molar-refractivity contribution < 1.29 is 14.3 Å². The fraction of sp³-hybridized carbons (Fsp3) is 0.250. The first-order valence-electron chi connectivity index (χ1n) is 10.1. The Labute approximate surface area is 186 Å². The van der Waals surface area contributed by atoms with E-state index in [1.165, 1.54) is 7.11 Å². The van der Waals surface area contributed by atoms with Gasteiger partial charge in [-0.05, 0) is 42.3 Å². The van der Waals surface area contributed by atoms with Gasteiger partial charge in [0.15, 0.2) is 5.82 Å². The number of rotatable bonds is 6. The average Bonchev–Trinajstić information content (AvgIpc) is 2.79. The number of nitrogens with zero attached hydrogens (tertiary/aromatic N) is 2. The Morgan fingerprint density at radius 3 is 2.81 bits per heavy atom. The van der Waals surface area contributed by atoms with Crippen LogP contribution in [0.1, 0.15) is 34.5 Å². The van der Waals surface area contributed by atoms with Gasteiger partial charge in [0.2, 0.25) is 0 Å². The molecule has 0 fully saturated rings. The summed E-state index contributed by atoms with van der Waals surface area (Å²) in [4.78, 5) is 18.5. The number of esters is 1. The van der Waals surface area contributed by atoms with Gasteiger partial charge in [-0.3, -0.25) is 0 Å². The number of aromatic nitrogens is 1. The number of carbonyl (C=O) groups excluding carboxylic acids is 1. The number of anilines is 2. The molecule has 0 saturated heterocycles. The summed E-state index contributed by atoms with van der Waals surface area (Å²) in [7, 11) is 1.38. The molecule has 0 bridgehead atoms. The number of carbonyl (C=O) groups is 1. The fourth-order valence-electron chi connectivity index (χ4n) is 3.67. The first-order valence-corrected chi connectivity index (χ1v) is 10.5. The monoisotopic (exact) mass is 437 g/mol. The molecule has 160 valence electrons. The molecule has 1 N–H and O–H groups in total. The minimum Gasteiger partial charge on any atom is -0.489 e. The molecular formula is C24H24ClN3O3. The molecule has 1 aromatic heterocycles. The zero-order chi connectivity index (χ0) is 21.8. The molecule has 4 rings (SSSR count). The van der Waals surface area contributed by atoms with Gasteiger partial charge in [0.1, 0.15) is 18.0 Å². The highest BCUT2D eigenvalue weighted by Gasteiger charge is 2.24. The van der Waals surface area contributed by atoms with Gasteiger partial charge >= 0.3 is 5.97 Å². The molecule has 2 heterocycles. The number of halogens is 1. The average molecular weight is 438 g/mol. The number of fused-ring (bicyclic) bond motifs is 1. The molecule has 6 nitrogen and oxygen atoms in total. The van der Waals surface area contributed by atoms with Crippen molar-refractivity contribution in [2.24, 2.45) is 0 Å². The highest BCUT2D eigenvalue weighted by Crippen LogP contribution is 2.39. The van der Waals surface area contributed by atoms with E-state index in [1.807, 2.05) is 36.4 Å². The standard InChI is InChI=1S/C24H24ClN3O3/c1-16(18-6-8-19(9-7-18)24(29)30-2)27-23-22-21(10-11-26-23)31-13-12-28(22)15-17-4-3-5-20(25)14-17/h3-11,14,16H,12-13,15H2,1-2H3,(H,26,27)/t16-/m0/s1. The second-order valence-electron chi connectivity index (χ2n) is 7.39. The fourth-order valence-corrected chi connectivity index (χ4v) is 3.88. The molecule has 0 amide bonds. The Bertz CT molecular complexity index is 1070. The number of nitrogens with one attached hydrogen (secondary N) is 1. The summed E-state index contributed by atoms with van der Waals surface area (Å²) < 4.78 is 10.7. The minimum absolute atomic E-state index is 0.0272. The predicted octanol–water partition coefficient (Wildman–Crippen LogP) is 5.09. The predicted molar refractivity (Wildman–Crippen MR) is 122 cm³/mol. The SMILES string of the molecule is COC(=O)c1ccc([C@H](C)Nc2nccc3c2N(Cc2cccc(Cl)c2)CCO3)cc1. The van der Waals surface area contributed by atoms with Crippen molar-refractivity contribution in [2.45, 2.75) is 19.5 Å². The third kappa shape index (κ3) is 4.75. The summed E-state index contributed by atoms with van der Waals surface area (Å²) in [5.74, 6) is 1.21. The van der Waals surface area contributed by atoms with Gasteiger partial charge < -0.3 is 19.7 Å². The quantitative estimate of drug-likeness (QED) is 0.542. The van der Waals surface area contributed by atoms with Crippen molar-refractivity contribution >= 4 is 29.1 Å². The van der Waals surface area contributed by atoms with Crippen LogP contribution in [0.5, 0.6) is 5.75 Å². The molecule has 0 aliphatic carbocycles. The topological polar surface area (TPSA) is 63.7 Å². The van der Waals surface area contributed by atoms with E-state index >= 15 is 0 Å². The van der Waals surface area contributed by atoms with Crippen LogP contribution < -0.4 is 15.0 Å². The Morgan fingerprint density at radius 1 is 1.26 bits per heavy atom. The van der Waals surface area contributed by atoms with E-state index in [1.54, 1.807) is 18.3 Å². The third-order valence-corrected chi connectivity index (χ3v) is 5.50. The molecule has 3 aromatic rings. The zero-order valence-electron chi connectivity index (χ0n) is 17.5. The molecule has 7 heteroatoms. The summed E-state index contributed by atoms with van der Waals surface area (Å²) in [6.07, 6.45) is 1.75. The summed E-state index contributed by atoms with van der Waals surface area (Å²) >= 11 is 6.17. The molecule has 31 heavy (non-hydrogen) atoms. The number of ether oxygens (including phenoxy) is 2. The van der Waals surface area contributed by atoms with Crippen LogP contribution in [0.25, 0.3) is 0 Å². The van der Waals surface area contributed by atoms with E-state index in [0.717, 1.165) is 39.9 Å². The van der Waals surface area contributed by atoms with Gasteiger partial charge in [0, 0.05) is 23.8 Å². The van der Waals surface area contributed by atoms with Crippen LogP contribution in [0.15, 0.2) is 60.8 Å². The highest BCUT2D eigenvalue weighted by molar-refractivity contribution is 6.30. The van der Waals surface area contributed by atoms with Crippen LogP contribution in [0.4, 0.5) is 11.5 Å². The summed E-state index contributed by atoms with van der Waals surface area (Å²) in [5, 5.41) is 4.22. The summed E-state index contributed by atoms with van der Waals surface area (Å²) in [6.45, 7) is 4.13. The van der Waals surface area contributed by atoms with Crippen molar-refractivity contribution in [1.82, 2.24) is 4.98 Å². The number of hydrogen-bond donors (Lipinski definition) is 1. The lowest BCUT2D eigenvalue weighted by Crippen LogP contribution is -2.33. The number of hydrogen-bond acceptors (Lipinski definition) is 6. The summed E-state index contributed by atoms with van der Waals surface area (Å²) in [5.41, 5.74) is 3.62. The Hall–Kier alpha value is -3.25. The molecule has 1 aliphatic heterocycles. The number of benzene rings is 2. The van der Waals surface area contributed by atoms with E-state index in [-0.39, 0.29) is 12.0 Å². The largest absolute Gasteiger partial charge is 0.489 e. The Balaban J connectivity index is 1.57. The van der Waals surface area contributed by atoms with Gasteiger partial charge in [-0.1, -0.05) is 35.9 Å². The van der Waals surface area contributed by atoms with Crippen molar-refractivity contribution in [2.75, 3.05) is 30.5 Å². The van der Waals surface area contributed by atoms with E-state index in [2.05, 4.69) is 28.2 Å². The van der Waals surface area contributed by atoms with Crippen LogP contribution in [0.3, 0.4) is 0 Å². The maximum atomic E-state index is 11.7. The maximum Gasteiger partial charge on any atom is 0.337 e. The third-order valence-electron chi connectivity index (χ3n) is 5.27. The molecule has 0 spiro atoms. The Morgan fingerprint density at radius 2 is 2.06 bits per heavy atom. The lowest BCUT2D eigenvalue weighted by molar-refractivity contribution is 0.0600. The van der Waals surface area contributed by atoms with Gasteiger partial charge in [-0.25, -0.2) is 9.78 Å². The van der Waals surface area contributed by atoms with Crippen molar-refractivity contribution in [3.63, 3.8) is 0 Å². The summed E-state index contributed by atoms with van der Waals surface area (Å²) in [6, 6.07) is 17.1. The van der Waals surface area contributed by atoms with Crippen molar-refractivity contribution in [3.8, 4) is 5.75 Å². The minimum atomic E-state index is -0.347. The van der Waals surface area contributed by atoms with E-state index < -0.39 is 0 Å². The lowest BCUT2D eigenvalue weighted by atomic mass is 10.1. The second kappa shape index (κ2) is 9.27. The van der Waals surface area contributed by atoms with Gasteiger partial charge in [0.25, 0.3) is 0 Å². The van der Waals surface area contributed by atoms with Crippen LogP contribution in [0.2, 0.25) is 5.02 Å². The first-order chi connectivity index (χ1) is 15.0. The molecule has 0 saturated carbocycles. The zero-order valence-corrected chi connectivity index (χ0v) is 18.2. The van der Waals surface area contributed by atoms with Crippen molar-refractivity contribution in [3.05, 3.63) is 82.5 Å². The molecule has 0 unspecified atom stereocenters. The van der Waals surface area contributed by atoms with Gasteiger partial charge in [0.05, 0.1) is 25.3 Å². The smallest absolute Gasteiger partial charge is 0.337 e. The highest BCUT2D eigenvalue weighted by atomic mass is 35.5. The van der Waals surface area contributed by atoms with E-state index in [0.29, 0.717) is 18.7 Å². The van der Waals surface area contributed by atoms with E-state index in [4.69, 9.17) is 21.1 Å². The van der Waals surface area contributed by atoms with Gasteiger partial charge in [-0.15, -0.1) is 0 Å². The van der Waals surface area contributed by atoms with Gasteiger partial charge in [-0.2, -0.15) is 0 Å². The van der Waals surface area contributed by atoms with E-state index in [9.17, 15) is 4.79 Å². The second-order valence-corrected chi connectivity index (χ2v) is 7.82. The maximum absolute atomic E-state index is 11.7. The van der Waals surface area contributed by atoms with Crippen LogP contribution in [-0.2, 0) is 11.3 Å². The molecule has 0 radical (unpaired) electrons. The molecular weight excluding hydrogens is 414 g/mol. The number of methoxy groups -OCH3 is 1. The Kier molecular flexibility index (Phi) is 6.28. The lowest BCUT2D eigenvalue weighted by Gasteiger charge is -2.33. The van der Waals surface area contributed by atoms with Crippen LogP contribution in [-0.4, -0.2) is 31.2 Å². The molecule has 1 aliphatic rings. The molecule has 2 aromatic carbocycles.